The monoisotopic (exact) mass is 388 g/mol. The molecule has 0 aliphatic heterocycles. The second kappa shape index (κ2) is 7.80. The molecule has 1 heterocycles. The predicted octanol–water partition coefficient (Wildman–Crippen LogP) is 4.87. The first-order valence-electron chi connectivity index (χ1n) is 7.91. The molecule has 0 amide bonds. The lowest BCUT2D eigenvalue weighted by Crippen LogP contribution is -2.30. The summed E-state index contributed by atoms with van der Waals surface area (Å²) in [7, 11) is 1.37. The molecule has 0 unspecified atom stereocenters. The van der Waals surface area contributed by atoms with E-state index in [-0.39, 0.29) is 17.8 Å². The van der Waals surface area contributed by atoms with Gasteiger partial charge in [-0.05, 0) is 66.5 Å². The highest BCUT2D eigenvalue weighted by Gasteiger charge is 2.11. The van der Waals surface area contributed by atoms with Crippen LogP contribution in [0.2, 0.25) is 0 Å². The smallest absolute Gasteiger partial charge is 0.348 e. The van der Waals surface area contributed by atoms with Gasteiger partial charge in [-0.2, -0.15) is 0 Å². The van der Waals surface area contributed by atoms with Gasteiger partial charge in [0.05, 0.1) is 13.2 Å². The van der Waals surface area contributed by atoms with Crippen LogP contribution in [0.1, 0.15) is 28.2 Å². The fourth-order valence-corrected chi connectivity index (χ4v) is 3.78. The minimum atomic E-state index is -0.342. The number of carbonyl (C=O) groups is 1. The molecule has 26 heavy (non-hydrogen) atoms. The van der Waals surface area contributed by atoms with Gasteiger partial charge in [-0.15, -0.1) is 11.3 Å². The van der Waals surface area contributed by atoms with Crippen molar-refractivity contribution in [1.29, 1.82) is 0 Å². The first kappa shape index (κ1) is 18.3. The number of esters is 1. The number of fused-ring (bicyclic) bond motifs is 1. The fourth-order valence-electron chi connectivity index (χ4n) is 2.52. The molecule has 4 nitrogen and oxygen atoms in total. The molecule has 0 bridgehead atoms. The molecule has 0 radical (unpaired) electrons. The van der Waals surface area contributed by atoms with E-state index in [0.717, 1.165) is 21.3 Å². The number of nitrogens with one attached hydrogen (secondary N) is 2. The highest BCUT2D eigenvalue weighted by molar-refractivity contribution is 7.80. The quantitative estimate of drug-likeness (QED) is 0.493. The van der Waals surface area contributed by atoms with Gasteiger partial charge in [0, 0.05) is 10.4 Å². The summed E-state index contributed by atoms with van der Waals surface area (Å²) in [5, 5.41) is 7.71. The molecule has 0 saturated heterocycles. The maximum atomic E-state index is 13.0. The lowest BCUT2D eigenvalue weighted by atomic mass is 10.1. The van der Waals surface area contributed by atoms with Gasteiger partial charge in [0.1, 0.15) is 10.7 Å². The Labute approximate surface area is 160 Å². The fraction of sp³-hybridized carbons (Fsp3) is 0.158. The Morgan fingerprint density at radius 3 is 2.62 bits per heavy atom. The number of thiocarbonyl (C=S) groups is 1. The van der Waals surface area contributed by atoms with Crippen LogP contribution in [0.3, 0.4) is 0 Å². The van der Waals surface area contributed by atoms with E-state index in [1.54, 1.807) is 18.2 Å². The molecule has 2 N–H and O–H groups in total. The summed E-state index contributed by atoms with van der Waals surface area (Å²) in [5.41, 5.74) is 1.75. The maximum Gasteiger partial charge on any atom is 0.348 e. The molecule has 3 rings (SSSR count). The van der Waals surface area contributed by atoms with Crippen molar-refractivity contribution in [2.24, 2.45) is 0 Å². The number of methoxy groups -OCH3 is 1. The van der Waals surface area contributed by atoms with Crippen LogP contribution in [-0.4, -0.2) is 18.2 Å². The standard InChI is InChI=1S/C19H17FN2O2S2/c1-11(12-3-5-14(20)6-4-12)21-19(25)22-15-7-8-16-13(9-15)10-17(26-16)18(23)24-2/h3-11H,1-2H3,(H2,21,22,25)/t11-/m1/s1. The van der Waals surface area contributed by atoms with E-state index in [9.17, 15) is 9.18 Å². The molecule has 3 aromatic rings. The predicted molar refractivity (Wildman–Crippen MR) is 107 cm³/mol. The molecular weight excluding hydrogens is 371 g/mol. The Morgan fingerprint density at radius 1 is 1.19 bits per heavy atom. The average Bonchev–Trinajstić information content (AvgIpc) is 3.04. The summed E-state index contributed by atoms with van der Waals surface area (Å²) in [4.78, 5) is 12.2. The van der Waals surface area contributed by atoms with Crippen molar-refractivity contribution in [3.8, 4) is 0 Å². The van der Waals surface area contributed by atoms with Gasteiger partial charge in [0.25, 0.3) is 0 Å². The van der Waals surface area contributed by atoms with Gasteiger partial charge in [-0.3, -0.25) is 0 Å². The largest absolute Gasteiger partial charge is 0.465 e. The third-order valence-electron chi connectivity index (χ3n) is 3.88. The van der Waals surface area contributed by atoms with Crippen LogP contribution in [0.4, 0.5) is 10.1 Å². The first-order valence-corrected chi connectivity index (χ1v) is 9.13. The van der Waals surface area contributed by atoms with Gasteiger partial charge in [0.15, 0.2) is 5.11 Å². The van der Waals surface area contributed by atoms with Crippen molar-refractivity contribution in [2.45, 2.75) is 13.0 Å². The average molecular weight is 388 g/mol. The zero-order valence-corrected chi connectivity index (χ0v) is 15.8. The molecule has 2 aromatic carbocycles. The van der Waals surface area contributed by atoms with Crippen LogP contribution in [0.15, 0.2) is 48.5 Å². The minimum Gasteiger partial charge on any atom is -0.465 e. The zero-order chi connectivity index (χ0) is 18.7. The number of rotatable bonds is 4. The van der Waals surface area contributed by atoms with Gasteiger partial charge in [-0.25, -0.2) is 9.18 Å². The summed E-state index contributed by atoms with van der Waals surface area (Å²) in [6, 6.07) is 13.8. The summed E-state index contributed by atoms with van der Waals surface area (Å²) >= 11 is 6.74. The molecule has 0 saturated carbocycles. The molecule has 7 heteroatoms. The number of benzene rings is 2. The van der Waals surface area contributed by atoms with Gasteiger partial charge >= 0.3 is 5.97 Å². The molecule has 0 aliphatic rings. The number of thiophene rings is 1. The molecule has 134 valence electrons. The summed E-state index contributed by atoms with van der Waals surface area (Å²) in [5.74, 6) is -0.608. The van der Waals surface area contributed by atoms with Crippen LogP contribution in [0, 0.1) is 5.82 Å². The molecule has 0 fully saturated rings. The summed E-state index contributed by atoms with van der Waals surface area (Å²) in [6.45, 7) is 1.95. The second-order valence-electron chi connectivity index (χ2n) is 5.73. The van der Waals surface area contributed by atoms with E-state index in [4.69, 9.17) is 17.0 Å². The van der Waals surface area contributed by atoms with Gasteiger partial charge < -0.3 is 15.4 Å². The highest BCUT2D eigenvalue weighted by atomic mass is 32.1. The van der Waals surface area contributed by atoms with Crippen molar-refractivity contribution < 1.29 is 13.9 Å². The number of halogens is 1. The normalized spacial score (nSPS) is 11.8. The highest BCUT2D eigenvalue weighted by Crippen LogP contribution is 2.28. The zero-order valence-electron chi connectivity index (χ0n) is 14.2. The van der Waals surface area contributed by atoms with Gasteiger partial charge in [0.2, 0.25) is 0 Å². The van der Waals surface area contributed by atoms with Crippen molar-refractivity contribution in [2.75, 3.05) is 12.4 Å². The first-order chi connectivity index (χ1) is 12.5. The number of anilines is 1. The van der Waals surface area contributed by atoms with Crippen LogP contribution < -0.4 is 10.6 Å². The molecule has 1 atom stereocenters. The van der Waals surface area contributed by atoms with E-state index in [1.807, 2.05) is 25.1 Å². The van der Waals surface area contributed by atoms with E-state index >= 15 is 0 Å². The number of hydrogen-bond donors (Lipinski definition) is 2. The number of hydrogen-bond acceptors (Lipinski definition) is 4. The summed E-state index contributed by atoms with van der Waals surface area (Å²) < 4.78 is 18.8. The Morgan fingerprint density at radius 2 is 1.92 bits per heavy atom. The van der Waals surface area contributed by atoms with E-state index < -0.39 is 0 Å². The van der Waals surface area contributed by atoms with Crippen LogP contribution in [-0.2, 0) is 4.74 Å². The maximum absolute atomic E-state index is 13.0. The van der Waals surface area contributed by atoms with Crippen LogP contribution >= 0.6 is 23.6 Å². The molecular formula is C19H17FN2O2S2. The van der Waals surface area contributed by atoms with Crippen molar-refractivity contribution in [3.05, 3.63) is 64.8 Å². The van der Waals surface area contributed by atoms with Crippen LogP contribution in [0.25, 0.3) is 10.1 Å². The van der Waals surface area contributed by atoms with Crippen molar-refractivity contribution in [1.82, 2.24) is 5.32 Å². The topological polar surface area (TPSA) is 50.4 Å². The molecule has 1 aromatic heterocycles. The number of carbonyl (C=O) groups excluding carboxylic acids is 1. The second-order valence-corrected chi connectivity index (χ2v) is 7.22. The van der Waals surface area contributed by atoms with Crippen molar-refractivity contribution >= 4 is 50.4 Å². The Balaban J connectivity index is 1.68. The lowest BCUT2D eigenvalue weighted by molar-refractivity contribution is 0.0606. The Kier molecular flexibility index (Phi) is 5.49. The third-order valence-corrected chi connectivity index (χ3v) is 5.19. The van der Waals surface area contributed by atoms with E-state index in [2.05, 4.69) is 10.6 Å². The Hall–Kier alpha value is -2.51. The molecule has 0 aliphatic carbocycles. The third kappa shape index (κ3) is 4.17. The summed E-state index contributed by atoms with van der Waals surface area (Å²) in [6.07, 6.45) is 0. The van der Waals surface area contributed by atoms with Crippen LogP contribution in [0.5, 0.6) is 0 Å². The van der Waals surface area contributed by atoms with E-state index in [1.165, 1.54) is 30.6 Å². The molecule has 0 spiro atoms. The van der Waals surface area contributed by atoms with Crippen molar-refractivity contribution in [3.63, 3.8) is 0 Å². The SMILES string of the molecule is COC(=O)c1cc2cc(NC(=S)N[C@H](C)c3ccc(F)cc3)ccc2s1. The number of ether oxygens (including phenoxy) is 1. The minimum absolute atomic E-state index is 0.0635. The Bertz CT molecular complexity index is 954. The van der Waals surface area contributed by atoms with E-state index in [0.29, 0.717) is 9.99 Å². The lowest BCUT2D eigenvalue weighted by Gasteiger charge is -2.17. The van der Waals surface area contributed by atoms with Gasteiger partial charge in [-0.1, -0.05) is 12.1 Å².